The first-order valence-electron chi connectivity index (χ1n) is 13.8. The summed E-state index contributed by atoms with van der Waals surface area (Å²) in [5.74, 6) is -0.257. The van der Waals surface area contributed by atoms with Gasteiger partial charge in [-0.25, -0.2) is 4.98 Å². The lowest BCUT2D eigenvalue weighted by Crippen LogP contribution is -2.50. The molecule has 2 aliphatic heterocycles. The number of aliphatic hydroxyl groups excluding tert-OH is 1. The third-order valence-corrected chi connectivity index (χ3v) is 8.56. The Labute approximate surface area is 213 Å². The Bertz CT molecular complexity index is 1100. The van der Waals surface area contributed by atoms with Crippen molar-refractivity contribution in [2.45, 2.75) is 107 Å². The maximum absolute atomic E-state index is 13.7. The number of hydrogen-bond acceptors (Lipinski definition) is 7. The summed E-state index contributed by atoms with van der Waals surface area (Å²) in [5, 5.41) is 13.2. The molecule has 1 unspecified atom stereocenters. The van der Waals surface area contributed by atoms with Gasteiger partial charge in [-0.1, -0.05) is 44.2 Å². The minimum atomic E-state index is -0.957. The highest BCUT2D eigenvalue weighted by Gasteiger charge is 2.44. The van der Waals surface area contributed by atoms with E-state index in [-0.39, 0.29) is 30.4 Å². The third-order valence-electron chi connectivity index (χ3n) is 8.56. The van der Waals surface area contributed by atoms with Crippen molar-refractivity contribution >= 4 is 22.8 Å². The topological polar surface area (TPSA) is 96.7 Å². The van der Waals surface area contributed by atoms with Gasteiger partial charge in [-0.3, -0.25) is 14.5 Å². The Morgan fingerprint density at radius 1 is 1.03 bits per heavy atom. The number of methoxy groups -OCH3 is 1. The summed E-state index contributed by atoms with van der Waals surface area (Å²) in [4.78, 5) is 32.6. The first-order chi connectivity index (χ1) is 17.5. The van der Waals surface area contributed by atoms with E-state index in [0.29, 0.717) is 18.1 Å². The van der Waals surface area contributed by atoms with Crippen LogP contribution in [0.1, 0.15) is 83.1 Å². The highest BCUT2D eigenvalue weighted by atomic mass is 16.5. The van der Waals surface area contributed by atoms with Crippen molar-refractivity contribution in [1.82, 2.24) is 14.5 Å². The number of nitrogens with zero attached hydrogens (tertiary/aromatic N) is 3. The van der Waals surface area contributed by atoms with Crippen LogP contribution in [-0.4, -0.2) is 63.4 Å². The monoisotopic (exact) mass is 496 g/mol. The molecule has 2 bridgehead atoms. The number of carbonyl (C=O) groups is 1. The number of benzene rings is 1. The first kappa shape index (κ1) is 25.2. The van der Waals surface area contributed by atoms with Crippen LogP contribution in [0.15, 0.2) is 29.1 Å². The zero-order valence-corrected chi connectivity index (χ0v) is 21.4. The van der Waals surface area contributed by atoms with Gasteiger partial charge in [0.2, 0.25) is 0 Å². The summed E-state index contributed by atoms with van der Waals surface area (Å²) in [6.45, 7) is 0.0566. The minimum absolute atomic E-state index is 0.0566. The molecule has 36 heavy (non-hydrogen) atoms. The van der Waals surface area contributed by atoms with E-state index in [0.717, 1.165) is 23.9 Å². The van der Waals surface area contributed by atoms with Gasteiger partial charge in [0.05, 0.1) is 30.7 Å². The third kappa shape index (κ3) is 5.30. The molecule has 1 saturated carbocycles. The van der Waals surface area contributed by atoms with E-state index in [1.807, 2.05) is 28.8 Å². The maximum Gasteiger partial charge on any atom is 0.308 e. The molecule has 1 aromatic heterocycles. The van der Waals surface area contributed by atoms with Gasteiger partial charge in [0.1, 0.15) is 0 Å². The number of carbonyl (C=O) groups excluding carboxylic acids is 1. The van der Waals surface area contributed by atoms with E-state index < -0.39 is 12.1 Å². The number of hydrogen-bond donors (Lipinski definition) is 2. The highest BCUT2D eigenvalue weighted by molar-refractivity contribution is 5.76. The highest BCUT2D eigenvalue weighted by Crippen LogP contribution is 2.44. The lowest BCUT2D eigenvalue weighted by Gasteiger charge is -2.45. The average molecular weight is 497 g/mol. The Kier molecular flexibility index (Phi) is 7.91. The van der Waals surface area contributed by atoms with Gasteiger partial charge in [0.15, 0.2) is 5.82 Å². The van der Waals surface area contributed by atoms with Crippen LogP contribution < -0.4 is 10.9 Å². The molecule has 3 aliphatic rings. The molecule has 2 saturated heterocycles. The summed E-state index contributed by atoms with van der Waals surface area (Å²) < 4.78 is 6.59. The molecule has 0 radical (unpaired) electrons. The molecular formula is C28H40N4O4. The van der Waals surface area contributed by atoms with Crippen LogP contribution >= 0.6 is 0 Å². The van der Waals surface area contributed by atoms with Gasteiger partial charge < -0.3 is 19.7 Å². The quantitative estimate of drug-likeness (QED) is 0.559. The van der Waals surface area contributed by atoms with E-state index in [2.05, 4.69) is 19.9 Å². The van der Waals surface area contributed by atoms with Gasteiger partial charge in [-0.2, -0.15) is 0 Å². The Balaban J connectivity index is 1.38. The lowest BCUT2D eigenvalue weighted by atomic mass is 9.89. The number of rotatable bonds is 7. The zero-order valence-electron chi connectivity index (χ0n) is 21.4. The average Bonchev–Trinajstić information content (AvgIpc) is 3.11. The van der Waals surface area contributed by atoms with Gasteiger partial charge in [0.25, 0.3) is 5.56 Å². The van der Waals surface area contributed by atoms with Gasteiger partial charge in [-0.15, -0.1) is 0 Å². The molecule has 2 aromatic rings. The molecule has 0 amide bonds. The molecule has 3 fully saturated rings. The molecule has 5 rings (SSSR count). The summed E-state index contributed by atoms with van der Waals surface area (Å²) in [6.07, 6.45) is 12.8. The van der Waals surface area contributed by atoms with Gasteiger partial charge >= 0.3 is 5.97 Å². The van der Waals surface area contributed by atoms with E-state index in [1.54, 1.807) is 0 Å². The molecular weight excluding hydrogens is 456 g/mol. The number of aliphatic hydroxyl groups is 1. The van der Waals surface area contributed by atoms with E-state index in [9.17, 15) is 14.7 Å². The normalized spacial score (nSPS) is 26.3. The smallest absolute Gasteiger partial charge is 0.308 e. The molecule has 4 atom stereocenters. The number of para-hydroxylation sites is 2. The Morgan fingerprint density at radius 2 is 1.69 bits per heavy atom. The van der Waals surface area contributed by atoms with Crippen LogP contribution in [0.25, 0.3) is 11.0 Å². The molecule has 8 heteroatoms. The predicted molar refractivity (Wildman–Crippen MR) is 140 cm³/mol. The van der Waals surface area contributed by atoms with E-state index in [1.165, 1.54) is 64.9 Å². The Morgan fingerprint density at radius 3 is 2.39 bits per heavy atom. The second-order valence-corrected chi connectivity index (χ2v) is 10.9. The first-order valence-corrected chi connectivity index (χ1v) is 13.8. The van der Waals surface area contributed by atoms with Crippen LogP contribution in [0.5, 0.6) is 0 Å². The van der Waals surface area contributed by atoms with Crippen LogP contribution in [0.4, 0.5) is 5.82 Å². The largest absolute Gasteiger partial charge is 0.469 e. The van der Waals surface area contributed by atoms with Gasteiger partial charge in [0, 0.05) is 30.7 Å². The van der Waals surface area contributed by atoms with Crippen LogP contribution in [-0.2, 0) is 9.53 Å². The number of ether oxygens (including phenoxy) is 1. The number of esters is 1. The molecule has 8 nitrogen and oxygen atoms in total. The zero-order chi connectivity index (χ0) is 25.1. The Hall–Kier alpha value is -2.45. The second-order valence-electron chi connectivity index (χ2n) is 10.9. The SMILES string of the molecule is COC(=O)CC(O)CNc1nc2ccccc2n([C@H]2C[C@H]3CC[C@@H](C2)N3C2CCCCCCC2)c1=O. The number of fused-ring (bicyclic) bond motifs is 3. The summed E-state index contributed by atoms with van der Waals surface area (Å²) in [7, 11) is 1.29. The number of nitrogens with one attached hydrogen (secondary N) is 1. The van der Waals surface area contributed by atoms with Crippen LogP contribution in [0.3, 0.4) is 0 Å². The molecule has 196 valence electrons. The van der Waals surface area contributed by atoms with E-state index in [4.69, 9.17) is 0 Å². The standard InChI is InChI=1S/C28H40N4O4/c1-36-26(34)17-23(33)18-29-27-28(35)32(25-12-8-7-11-24(25)30-27)22-15-20-13-14-21(16-22)31(20)19-9-5-3-2-4-6-10-19/h7-8,11-12,19-23,33H,2-6,9-10,13-18H2,1H3,(H,29,30)/t20-,21+,22+,23?. The van der Waals surface area contributed by atoms with Crippen molar-refractivity contribution in [3.8, 4) is 0 Å². The van der Waals surface area contributed by atoms with Crippen molar-refractivity contribution in [2.24, 2.45) is 0 Å². The second kappa shape index (κ2) is 11.3. The van der Waals surface area contributed by atoms with Crippen molar-refractivity contribution in [1.29, 1.82) is 0 Å². The van der Waals surface area contributed by atoms with Crippen molar-refractivity contribution in [3.05, 3.63) is 34.6 Å². The predicted octanol–water partition coefficient (Wildman–Crippen LogP) is 4.01. The van der Waals surface area contributed by atoms with Crippen molar-refractivity contribution in [3.63, 3.8) is 0 Å². The van der Waals surface area contributed by atoms with Crippen molar-refractivity contribution < 1.29 is 14.6 Å². The van der Waals surface area contributed by atoms with Crippen LogP contribution in [0, 0.1) is 0 Å². The summed E-state index contributed by atoms with van der Waals surface area (Å²) in [5.41, 5.74) is 1.48. The van der Waals surface area contributed by atoms with E-state index >= 15 is 0 Å². The van der Waals surface area contributed by atoms with Crippen molar-refractivity contribution in [2.75, 3.05) is 19.0 Å². The number of piperidine rings is 1. The number of anilines is 1. The molecule has 1 aliphatic carbocycles. The molecule has 3 heterocycles. The fourth-order valence-electron chi connectivity index (χ4n) is 6.92. The summed E-state index contributed by atoms with van der Waals surface area (Å²) >= 11 is 0. The lowest BCUT2D eigenvalue weighted by molar-refractivity contribution is -0.142. The van der Waals surface area contributed by atoms with Crippen LogP contribution in [0.2, 0.25) is 0 Å². The van der Waals surface area contributed by atoms with Gasteiger partial charge in [-0.05, 0) is 50.7 Å². The molecule has 2 N–H and O–H groups in total. The fourth-order valence-corrected chi connectivity index (χ4v) is 6.92. The number of aromatic nitrogens is 2. The summed E-state index contributed by atoms with van der Waals surface area (Å²) in [6, 6.07) is 9.72. The fraction of sp³-hybridized carbons (Fsp3) is 0.679. The minimum Gasteiger partial charge on any atom is -0.469 e. The maximum atomic E-state index is 13.7. The molecule has 0 spiro atoms. The molecule has 1 aromatic carbocycles.